The van der Waals surface area contributed by atoms with Crippen molar-refractivity contribution < 1.29 is 9.26 Å². The van der Waals surface area contributed by atoms with Crippen LogP contribution < -0.4 is 10.5 Å². The molecule has 1 atom stereocenters. The van der Waals surface area contributed by atoms with Gasteiger partial charge in [0.2, 0.25) is 0 Å². The molecule has 0 saturated heterocycles. The second kappa shape index (κ2) is 6.21. The fourth-order valence-electron chi connectivity index (χ4n) is 1.83. The van der Waals surface area contributed by atoms with Crippen LogP contribution in [0.25, 0.3) is 0 Å². The number of nitrogens with zero attached hydrogens (tertiary/aromatic N) is 1. The highest BCUT2D eigenvalue weighted by Gasteiger charge is 2.08. The molecule has 0 aliphatic carbocycles. The number of aryl methyl sites for hydroxylation is 1. The number of halogens is 1. The Morgan fingerprint density at radius 1 is 1.42 bits per heavy atom. The highest BCUT2D eigenvalue weighted by molar-refractivity contribution is 9.10. The van der Waals surface area contributed by atoms with Crippen molar-refractivity contribution in [1.29, 1.82) is 0 Å². The van der Waals surface area contributed by atoms with Crippen molar-refractivity contribution in [2.75, 3.05) is 0 Å². The first kappa shape index (κ1) is 14.1. The molecular formula is C14H17BrN2O2. The number of benzene rings is 1. The summed E-state index contributed by atoms with van der Waals surface area (Å²) in [7, 11) is 0. The van der Waals surface area contributed by atoms with Crippen LogP contribution in [0.2, 0.25) is 0 Å². The van der Waals surface area contributed by atoms with Gasteiger partial charge in [0.15, 0.2) is 0 Å². The van der Waals surface area contributed by atoms with E-state index in [1.54, 1.807) is 0 Å². The minimum absolute atomic E-state index is 0.0888. The van der Waals surface area contributed by atoms with Gasteiger partial charge in [0.05, 0.1) is 0 Å². The predicted octanol–water partition coefficient (Wildman–Crippen LogP) is 3.21. The second-order valence-electron chi connectivity index (χ2n) is 4.65. The molecule has 0 saturated carbocycles. The van der Waals surface area contributed by atoms with E-state index in [9.17, 15) is 0 Å². The largest absolute Gasteiger partial charge is 0.487 e. The van der Waals surface area contributed by atoms with Gasteiger partial charge in [-0.1, -0.05) is 21.1 Å². The Bertz CT molecular complexity index is 552. The molecule has 1 aromatic heterocycles. The number of rotatable bonds is 5. The topological polar surface area (TPSA) is 61.3 Å². The van der Waals surface area contributed by atoms with E-state index in [4.69, 9.17) is 15.0 Å². The van der Waals surface area contributed by atoms with Gasteiger partial charge in [0, 0.05) is 16.6 Å². The van der Waals surface area contributed by atoms with Gasteiger partial charge in [-0.25, -0.2) is 0 Å². The van der Waals surface area contributed by atoms with E-state index in [0.717, 1.165) is 33.7 Å². The van der Waals surface area contributed by atoms with E-state index >= 15 is 0 Å². The summed E-state index contributed by atoms with van der Waals surface area (Å²) in [6.45, 7) is 4.23. The summed E-state index contributed by atoms with van der Waals surface area (Å²) in [5.74, 6) is 1.62. The fraction of sp³-hybridized carbons (Fsp3) is 0.357. The number of nitrogens with two attached hydrogens (primary N) is 1. The van der Waals surface area contributed by atoms with E-state index in [1.807, 2.05) is 38.1 Å². The van der Waals surface area contributed by atoms with Crippen molar-refractivity contribution in [2.24, 2.45) is 5.73 Å². The molecule has 0 bridgehead atoms. The molecule has 102 valence electrons. The van der Waals surface area contributed by atoms with E-state index in [2.05, 4.69) is 21.1 Å². The molecular weight excluding hydrogens is 308 g/mol. The highest BCUT2D eigenvalue weighted by atomic mass is 79.9. The number of aromatic nitrogens is 1. The lowest BCUT2D eigenvalue weighted by Gasteiger charge is -2.12. The normalized spacial score (nSPS) is 12.4. The van der Waals surface area contributed by atoms with Gasteiger partial charge in [-0.15, -0.1) is 0 Å². The van der Waals surface area contributed by atoms with Gasteiger partial charge in [0.25, 0.3) is 0 Å². The molecule has 0 fully saturated rings. The van der Waals surface area contributed by atoms with Crippen molar-refractivity contribution in [3.05, 3.63) is 45.8 Å². The Balaban J connectivity index is 2.10. The zero-order valence-electron chi connectivity index (χ0n) is 11.0. The number of ether oxygens (including phenoxy) is 1. The minimum Gasteiger partial charge on any atom is -0.487 e. The molecule has 5 heteroatoms. The third-order valence-electron chi connectivity index (χ3n) is 2.62. The third-order valence-corrected chi connectivity index (χ3v) is 3.11. The summed E-state index contributed by atoms with van der Waals surface area (Å²) in [4.78, 5) is 0. The van der Waals surface area contributed by atoms with Crippen LogP contribution in [0.1, 0.15) is 23.9 Å². The molecule has 2 aromatic rings. The average Bonchev–Trinajstić information content (AvgIpc) is 2.73. The molecule has 1 heterocycles. The molecule has 0 aliphatic heterocycles. The first-order chi connectivity index (χ1) is 9.04. The van der Waals surface area contributed by atoms with E-state index in [-0.39, 0.29) is 6.04 Å². The molecule has 0 spiro atoms. The Morgan fingerprint density at radius 2 is 2.21 bits per heavy atom. The minimum atomic E-state index is 0.0888. The lowest BCUT2D eigenvalue weighted by molar-refractivity contribution is 0.284. The maximum Gasteiger partial charge on any atom is 0.134 e. The SMILES string of the molecule is Cc1cc(COc2ccc(Br)cc2CC(C)N)no1. The van der Waals surface area contributed by atoms with Crippen LogP contribution >= 0.6 is 15.9 Å². The van der Waals surface area contributed by atoms with Crippen LogP contribution in [0.15, 0.2) is 33.3 Å². The zero-order valence-corrected chi connectivity index (χ0v) is 12.6. The predicted molar refractivity (Wildman–Crippen MR) is 77.1 cm³/mol. The van der Waals surface area contributed by atoms with Gasteiger partial charge < -0.3 is 15.0 Å². The Kier molecular flexibility index (Phi) is 4.61. The highest BCUT2D eigenvalue weighted by Crippen LogP contribution is 2.25. The molecule has 2 rings (SSSR count). The molecule has 19 heavy (non-hydrogen) atoms. The maximum atomic E-state index is 5.86. The molecule has 0 radical (unpaired) electrons. The van der Waals surface area contributed by atoms with Crippen LogP contribution in [0.4, 0.5) is 0 Å². The maximum absolute atomic E-state index is 5.86. The fourth-order valence-corrected chi connectivity index (χ4v) is 2.24. The third kappa shape index (κ3) is 4.08. The number of hydrogen-bond donors (Lipinski definition) is 1. The molecule has 1 aromatic carbocycles. The summed E-state index contributed by atoms with van der Waals surface area (Å²) >= 11 is 3.46. The molecule has 1 unspecified atom stereocenters. The molecule has 0 aliphatic rings. The van der Waals surface area contributed by atoms with Gasteiger partial charge >= 0.3 is 0 Å². The summed E-state index contributed by atoms with van der Waals surface area (Å²) in [6, 6.07) is 7.88. The van der Waals surface area contributed by atoms with E-state index in [1.165, 1.54) is 0 Å². The van der Waals surface area contributed by atoms with Gasteiger partial charge in [0.1, 0.15) is 23.8 Å². The summed E-state index contributed by atoms with van der Waals surface area (Å²) in [5, 5.41) is 3.91. The molecule has 4 nitrogen and oxygen atoms in total. The van der Waals surface area contributed by atoms with Crippen LogP contribution in [-0.4, -0.2) is 11.2 Å². The lowest BCUT2D eigenvalue weighted by Crippen LogP contribution is -2.18. The Hall–Kier alpha value is -1.33. The first-order valence-corrected chi connectivity index (χ1v) is 6.93. The van der Waals surface area contributed by atoms with Crippen molar-refractivity contribution in [1.82, 2.24) is 5.16 Å². The Labute approximate surface area is 121 Å². The number of hydrogen-bond acceptors (Lipinski definition) is 4. The van der Waals surface area contributed by atoms with E-state index in [0.29, 0.717) is 6.61 Å². The standard InChI is InChI=1S/C14H17BrN2O2/c1-9(16)5-11-7-12(15)3-4-14(11)18-8-13-6-10(2)19-17-13/h3-4,6-7,9H,5,8,16H2,1-2H3. The van der Waals surface area contributed by atoms with Gasteiger partial charge in [-0.2, -0.15) is 0 Å². The summed E-state index contributed by atoms with van der Waals surface area (Å²) < 4.78 is 11.8. The van der Waals surface area contributed by atoms with Crippen LogP contribution in [-0.2, 0) is 13.0 Å². The van der Waals surface area contributed by atoms with Crippen molar-refractivity contribution in [3.8, 4) is 5.75 Å². The van der Waals surface area contributed by atoms with E-state index < -0.39 is 0 Å². The quantitative estimate of drug-likeness (QED) is 0.917. The van der Waals surface area contributed by atoms with Crippen molar-refractivity contribution in [2.45, 2.75) is 32.9 Å². The van der Waals surface area contributed by atoms with Crippen LogP contribution in [0.3, 0.4) is 0 Å². The summed E-state index contributed by atoms with van der Waals surface area (Å²) in [6.07, 6.45) is 0.770. The summed E-state index contributed by atoms with van der Waals surface area (Å²) in [5.41, 5.74) is 7.73. The first-order valence-electron chi connectivity index (χ1n) is 6.13. The second-order valence-corrected chi connectivity index (χ2v) is 5.57. The van der Waals surface area contributed by atoms with Crippen molar-refractivity contribution in [3.63, 3.8) is 0 Å². The van der Waals surface area contributed by atoms with Crippen LogP contribution in [0.5, 0.6) is 5.75 Å². The average molecular weight is 325 g/mol. The van der Waals surface area contributed by atoms with Crippen molar-refractivity contribution >= 4 is 15.9 Å². The van der Waals surface area contributed by atoms with Crippen LogP contribution in [0, 0.1) is 6.92 Å². The molecule has 0 amide bonds. The Morgan fingerprint density at radius 3 is 2.84 bits per heavy atom. The van der Waals surface area contributed by atoms with Gasteiger partial charge in [-0.3, -0.25) is 0 Å². The monoisotopic (exact) mass is 324 g/mol. The molecule has 2 N–H and O–H groups in total. The van der Waals surface area contributed by atoms with Gasteiger partial charge in [-0.05, 0) is 44.0 Å². The zero-order chi connectivity index (χ0) is 13.8. The lowest BCUT2D eigenvalue weighted by atomic mass is 10.1. The smallest absolute Gasteiger partial charge is 0.134 e.